The molecule has 1 aromatic heterocycles. The van der Waals surface area contributed by atoms with Crippen molar-refractivity contribution in [2.75, 3.05) is 6.61 Å². The van der Waals surface area contributed by atoms with Gasteiger partial charge in [-0.05, 0) is 64.4 Å². The summed E-state index contributed by atoms with van der Waals surface area (Å²) in [6, 6.07) is 14.2. The Kier molecular flexibility index (Phi) is 5.84. The van der Waals surface area contributed by atoms with E-state index >= 15 is 0 Å². The molecule has 0 radical (unpaired) electrons. The Labute approximate surface area is 174 Å². The van der Waals surface area contributed by atoms with Crippen molar-refractivity contribution in [1.82, 2.24) is 4.57 Å². The summed E-state index contributed by atoms with van der Waals surface area (Å²) in [6.45, 7) is 10.7. The number of nitrogens with zero attached hydrogens (tertiary/aromatic N) is 1. The maximum Gasteiger partial charge on any atom is 0.349 e. The van der Waals surface area contributed by atoms with Gasteiger partial charge in [-0.25, -0.2) is 4.79 Å². The molecular formula is C23H26BrNO3. The third kappa shape index (κ3) is 3.68. The molecule has 0 aliphatic heterocycles. The van der Waals surface area contributed by atoms with E-state index in [2.05, 4.69) is 46.5 Å². The molecule has 1 heterocycles. The Morgan fingerprint density at radius 3 is 2.50 bits per heavy atom. The summed E-state index contributed by atoms with van der Waals surface area (Å²) in [5.74, 6) is 0.274. The second-order valence-electron chi connectivity index (χ2n) is 7.20. The van der Waals surface area contributed by atoms with Crippen molar-refractivity contribution >= 4 is 32.8 Å². The zero-order valence-electron chi connectivity index (χ0n) is 17.0. The number of rotatable bonds is 6. The summed E-state index contributed by atoms with van der Waals surface area (Å²) in [7, 11) is 0. The molecule has 0 saturated heterocycles. The normalized spacial score (nSPS) is 11.6. The van der Waals surface area contributed by atoms with Gasteiger partial charge in [0.15, 0.2) is 5.60 Å². The summed E-state index contributed by atoms with van der Waals surface area (Å²) in [6.07, 6.45) is 0. The molecule has 0 aliphatic rings. The van der Waals surface area contributed by atoms with Crippen LogP contribution in [-0.2, 0) is 16.1 Å². The third-order valence-electron chi connectivity index (χ3n) is 4.89. The molecule has 3 rings (SSSR count). The minimum Gasteiger partial charge on any atom is -0.476 e. The van der Waals surface area contributed by atoms with Gasteiger partial charge in [0.1, 0.15) is 5.75 Å². The van der Waals surface area contributed by atoms with Crippen LogP contribution >= 0.6 is 15.9 Å². The topological polar surface area (TPSA) is 40.5 Å². The van der Waals surface area contributed by atoms with Crippen molar-refractivity contribution in [3.8, 4) is 16.9 Å². The molecule has 0 atom stereocenters. The molecule has 28 heavy (non-hydrogen) atoms. The Balaban J connectivity index is 2.14. The van der Waals surface area contributed by atoms with Gasteiger partial charge in [0.05, 0.1) is 6.61 Å². The summed E-state index contributed by atoms with van der Waals surface area (Å²) in [5.41, 5.74) is 3.60. The van der Waals surface area contributed by atoms with Gasteiger partial charge in [-0.2, -0.15) is 0 Å². The number of hydrogen-bond donors (Lipinski definition) is 0. The molecule has 2 aromatic carbocycles. The smallest absolute Gasteiger partial charge is 0.349 e. The fourth-order valence-electron chi connectivity index (χ4n) is 3.58. The van der Waals surface area contributed by atoms with Crippen molar-refractivity contribution in [3.05, 3.63) is 52.6 Å². The van der Waals surface area contributed by atoms with Crippen LogP contribution in [0.2, 0.25) is 0 Å². The fourth-order valence-corrected chi connectivity index (χ4v) is 4.06. The van der Waals surface area contributed by atoms with Crippen LogP contribution in [-0.4, -0.2) is 22.7 Å². The molecule has 3 aromatic rings. The lowest BCUT2D eigenvalue weighted by atomic mass is 10.0. The Morgan fingerprint density at radius 1 is 1.14 bits per heavy atom. The van der Waals surface area contributed by atoms with Crippen LogP contribution in [0.25, 0.3) is 22.0 Å². The van der Waals surface area contributed by atoms with Crippen LogP contribution in [0.5, 0.6) is 5.75 Å². The predicted octanol–water partition coefficient (Wildman–Crippen LogP) is 6.12. The molecule has 0 aliphatic carbocycles. The van der Waals surface area contributed by atoms with Crippen LogP contribution in [0.4, 0.5) is 0 Å². The van der Waals surface area contributed by atoms with E-state index in [4.69, 9.17) is 9.47 Å². The third-order valence-corrected chi connectivity index (χ3v) is 5.59. The van der Waals surface area contributed by atoms with Gasteiger partial charge in [-0.15, -0.1) is 0 Å². The number of aromatic nitrogens is 1. The minimum atomic E-state index is -1.06. The lowest BCUT2D eigenvalue weighted by Gasteiger charge is -2.24. The molecule has 0 N–H and O–H groups in total. The standard InChI is InChI=1S/C23H26BrNO3/c1-6-25-15(3)21(17-10-8-9-11-19(17)24)18-14-16(12-13-20(18)25)28-23(4,5)22(26)27-7-2/h8-14H,6-7H2,1-5H3. The maximum absolute atomic E-state index is 12.2. The van der Waals surface area contributed by atoms with E-state index in [-0.39, 0.29) is 5.97 Å². The average molecular weight is 444 g/mol. The van der Waals surface area contributed by atoms with Crippen molar-refractivity contribution in [3.63, 3.8) is 0 Å². The van der Waals surface area contributed by atoms with E-state index in [9.17, 15) is 4.79 Å². The average Bonchev–Trinajstić information content (AvgIpc) is 2.92. The molecule has 0 unspecified atom stereocenters. The minimum absolute atomic E-state index is 0.329. The molecular weight excluding hydrogens is 418 g/mol. The van der Waals surface area contributed by atoms with Gasteiger partial charge in [-0.1, -0.05) is 34.1 Å². The summed E-state index contributed by atoms with van der Waals surface area (Å²) in [5, 5.41) is 1.10. The number of aryl methyl sites for hydroxylation is 1. The van der Waals surface area contributed by atoms with E-state index in [1.54, 1.807) is 20.8 Å². The Morgan fingerprint density at radius 2 is 1.86 bits per heavy atom. The Bertz CT molecular complexity index is 1020. The van der Waals surface area contributed by atoms with Crippen LogP contribution in [0.1, 0.15) is 33.4 Å². The lowest BCUT2D eigenvalue weighted by molar-refractivity contribution is -0.158. The fraction of sp³-hybridized carbons (Fsp3) is 0.348. The highest BCUT2D eigenvalue weighted by Gasteiger charge is 2.32. The molecule has 0 amide bonds. The van der Waals surface area contributed by atoms with Crippen LogP contribution in [0.3, 0.4) is 0 Å². The quantitative estimate of drug-likeness (QED) is 0.430. The number of esters is 1. The van der Waals surface area contributed by atoms with E-state index in [0.717, 1.165) is 27.5 Å². The van der Waals surface area contributed by atoms with Crippen LogP contribution < -0.4 is 4.74 Å². The molecule has 0 fully saturated rings. The van der Waals surface area contributed by atoms with Gasteiger partial charge in [0.2, 0.25) is 0 Å². The largest absolute Gasteiger partial charge is 0.476 e. The summed E-state index contributed by atoms with van der Waals surface area (Å²) < 4.78 is 14.5. The first kappa shape index (κ1) is 20.5. The van der Waals surface area contributed by atoms with Gasteiger partial charge < -0.3 is 14.0 Å². The van der Waals surface area contributed by atoms with Gasteiger partial charge >= 0.3 is 5.97 Å². The zero-order valence-corrected chi connectivity index (χ0v) is 18.6. The van der Waals surface area contributed by atoms with E-state index < -0.39 is 5.60 Å². The van der Waals surface area contributed by atoms with Crippen molar-refractivity contribution in [2.24, 2.45) is 0 Å². The number of hydrogen-bond acceptors (Lipinski definition) is 3. The predicted molar refractivity (Wildman–Crippen MR) is 117 cm³/mol. The number of fused-ring (bicyclic) bond motifs is 1. The highest BCUT2D eigenvalue weighted by molar-refractivity contribution is 9.10. The zero-order chi connectivity index (χ0) is 20.5. The van der Waals surface area contributed by atoms with Gasteiger partial charge in [0, 0.05) is 33.2 Å². The Hall–Kier alpha value is -2.27. The first-order chi connectivity index (χ1) is 13.3. The number of carbonyl (C=O) groups is 1. The monoisotopic (exact) mass is 443 g/mol. The van der Waals surface area contributed by atoms with Crippen molar-refractivity contribution < 1.29 is 14.3 Å². The summed E-state index contributed by atoms with van der Waals surface area (Å²) in [4.78, 5) is 12.2. The lowest BCUT2D eigenvalue weighted by Crippen LogP contribution is -2.39. The van der Waals surface area contributed by atoms with Gasteiger partial charge in [0.25, 0.3) is 0 Å². The first-order valence-electron chi connectivity index (χ1n) is 9.54. The van der Waals surface area contributed by atoms with Crippen LogP contribution in [0, 0.1) is 6.92 Å². The maximum atomic E-state index is 12.2. The molecule has 0 bridgehead atoms. The molecule has 5 heteroatoms. The molecule has 0 spiro atoms. The van der Waals surface area contributed by atoms with E-state index in [1.165, 1.54) is 11.3 Å². The first-order valence-corrected chi connectivity index (χ1v) is 10.3. The number of benzene rings is 2. The highest BCUT2D eigenvalue weighted by atomic mass is 79.9. The molecule has 148 valence electrons. The van der Waals surface area contributed by atoms with Crippen molar-refractivity contribution in [2.45, 2.75) is 46.8 Å². The van der Waals surface area contributed by atoms with E-state index in [0.29, 0.717) is 12.4 Å². The SMILES string of the molecule is CCOC(=O)C(C)(C)Oc1ccc2c(c1)c(-c1ccccc1Br)c(C)n2CC. The molecule has 0 saturated carbocycles. The van der Waals surface area contributed by atoms with Crippen molar-refractivity contribution in [1.29, 1.82) is 0 Å². The molecule has 4 nitrogen and oxygen atoms in total. The number of ether oxygens (including phenoxy) is 2. The van der Waals surface area contributed by atoms with Gasteiger partial charge in [-0.3, -0.25) is 0 Å². The number of carbonyl (C=O) groups excluding carboxylic acids is 1. The van der Waals surface area contributed by atoms with E-state index in [1.807, 2.05) is 30.3 Å². The van der Waals surface area contributed by atoms with Crippen LogP contribution in [0.15, 0.2) is 46.9 Å². The second kappa shape index (κ2) is 8.00. The highest BCUT2D eigenvalue weighted by Crippen LogP contribution is 2.40. The second-order valence-corrected chi connectivity index (χ2v) is 8.05. The number of halogens is 1. The summed E-state index contributed by atoms with van der Waals surface area (Å²) >= 11 is 3.69.